The van der Waals surface area contributed by atoms with Gasteiger partial charge in [0, 0.05) is 11.1 Å². The molecule has 0 unspecified atom stereocenters. The second-order valence-electron chi connectivity index (χ2n) is 4.70. The number of nitrogens with one attached hydrogen (secondary N) is 2. The first kappa shape index (κ1) is 13.4. The predicted molar refractivity (Wildman–Crippen MR) is 83.9 cm³/mol. The molecule has 0 aliphatic rings. The van der Waals surface area contributed by atoms with E-state index in [1.165, 1.54) is 5.56 Å². The van der Waals surface area contributed by atoms with Crippen LogP contribution in [-0.4, -0.2) is 31.3 Å². The van der Waals surface area contributed by atoms with Crippen LogP contribution in [0.25, 0.3) is 11.3 Å². The lowest BCUT2D eigenvalue weighted by Crippen LogP contribution is -1.94. The van der Waals surface area contributed by atoms with Crippen molar-refractivity contribution in [3.8, 4) is 11.3 Å². The fourth-order valence-electron chi connectivity index (χ4n) is 1.97. The van der Waals surface area contributed by atoms with E-state index in [9.17, 15) is 0 Å². The number of rotatable bonds is 3. The first-order valence-electron chi connectivity index (χ1n) is 6.44. The minimum Gasteiger partial charge on any atom is -0.277 e. The van der Waals surface area contributed by atoms with Crippen molar-refractivity contribution < 1.29 is 0 Å². The number of hydrogen-bond acceptors (Lipinski definition) is 4. The molecule has 21 heavy (non-hydrogen) atoms. The minimum absolute atomic E-state index is 0.462. The van der Waals surface area contributed by atoms with E-state index in [1.54, 1.807) is 17.1 Å². The Kier molecular flexibility index (Phi) is 3.49. The van der Waals surface area contributed by atoms with Gasteiger partial charge in [0.05, 0.1) is 18.1 Å². The highest BCUT2D eigenvalue weighted by atomic mass is 32.1. The maximum absolute atomic E-state index is 5.12. The SMILES string of the molecule is Cc1ccc(-c2[nH]ncc2/C=N/n2c(C)n[nH]c2=S)cc1. The largest absolute Gasteiger partial charge is 0.277 e. The van der Waals surface area contributed by atoms with Crippen molar-refractivity contribution in [2.24, 2.45) is 5.10 Å². The highest BCUT2D eigenvalue weighted by Crippen LogP contribution is 2.20. The van der Waals surface area contributed by atoms with Gasteiger partial charge in [-0.1, -0.05) is 29.8 Å². The fourth-order valence-corrected chi connectivity index (χ4v) is 2.20. The lowest BCUT2D eigenvalue weighted by molar-refractivity contribution is 0.821. The highest BCUT2D eigenvalue weighted by Gasteiger charge is 2.06. The van der Waals surface area contributed by atoms with Crippen LogP contribution in [0.3, 0.4) is 0 Å². The van der Waals surface area contributed by atoms with E-state index in [0.717, 1.165) is 16.8 Å². The molecule has 3 aromatic rings. The molecule has 0 aliphatic carbocycles. The number of benzene rings is 1. The normalized spacial score (nSPS) is 11.3. The van der Waals surface area contributed by atoms with Crippen LogP contribution >= 0.6 is 12.2 Å². The van der Waals surface area contributed by atoms with Gasteiger partial charge in [-0.2, -0.15) is 20.0 Å². The summed E-state index contributed by atoms with van der Waals surface area (Å²) in [6.45, 7) is 3.89. The average molecular weight is 298 g/mol. The molecule has 0 bridgehead atoms. The summed E-state index contributed by atoms with van der Waals surface area (Å²) in [7, 11) is 0. The molecule has 6 nitrogen and oxygen atoms in total. The highest BCUT2D eigenvalue weighted by molar-refractivity contribution is 7.71. The molecule has 1 aromatic carbocycles. The molecule has 7 heteroatoms. The quantitative estimate of drug-likeness (QED) is 0.577. The Balaban J connectivity index is 1.96. The van der Waals surface area contributed by atoms with Gasteiger partial charge in [-0.05, 0) is 26.1 Å². The van der Waals surface area contributed by atoms with E-state index in [-0.39, 0.29) is 0 Å². The summed E-state index contributed by atoms with van der Waals surface area (Å²) in [4.78, 5) is 0. The van der Waals surface area contributed by atoms with E-state index in [1.807, 2.05) is 6.92 Å². The van der Waals surface area contributed by atoms with E-state index in [0.29, 0.717) is 10.6 Å². The zero-order chi connectivity index (χ0) is 14.8. The van der Waals surface area contributed by atoms with Crippen LogP contribution in [0.4, 0.5) is 0 Å². The van der Waals surface area contributed by atoms with E-state index < -0.39 is 0 Å². The summed E-state index contributed by atoms with van der Waals surface area (Å²) < 4.78 is 2.03. The van der Waals surface area contributed by atoms with Gasteiger partial charge in [0.25, 0.3) is 0 Å². The minimum atomic E-state index is 0.462. The van der Waals surface area contributed by atoms with Gasteiger partial charge in [0.2, 0.25) is 4.77 Å². The van der Waals surface area contributed by atoms with Crippen molar-refractivity contribution in [1.82, 2.24) is 25.1 Å². The molecule has 0 saturated heterocycles. The van der Waals surface area contributed by atoms with Crippen molar-refractivity contribution in [2.45, 2.75) is 13.8 Å². The maximum Gasteiger partial charge on any atom is 0.216 e. The van der Waals surface area contributed by atoms with Gasteiger partial charge in [-0.15, -0.1) is 0 Å². The Morgan fingerprint density at radius 2 is 1.95 bits per heavy atom. The van der Waals surface area contributed by atoms with Crippen LogP contribution in [-0.2, 0) is 0 Å². The third-order valence-electron chi connectivity index (χ3n) is 3.13. The summed E-state index contributed by atoms with van der Waals surface area (Å²) in [6.07, 6.45) is 3.45. The van der Waals surface area contributed by atoms with Crippen molar-refractivity contribution in [1.29, 1.82) is 0 Å². The summed E-state index contributed by atoms with van der Waals surface area (Å²) >= 11 is 5.12. The van der Waals surface area contributed by atoms with Gasteiger partial charge in [-0.25, -0.2) is 0 Å². The van der Waals surface area contributed by atoms with Gasteiger partial charge in [-0.3, -0.25) is 10.2 Å². The van der Waals surface area contributed by atoms with Crippen molar-refractivity contribution in [3.63, 3.8) is 0 Å². The second kappa shape index (κ2) is 5.45. The van der Waals surface area contributed by atoms with Gasteiger partial charge < -0.3 is 0 Å². The lowest BCUT2D eigenvalue weighted by Gasteiger charge is -2.00. The number of H-pyrrole nitrogens is 2. The van der Waals surface area contributed by atoms with Crippen molar-refractivity contribution >= 4 is 18.4 Å². The van der Waals surface area contributed by atoms with E-state index in [4.69, 9.17) is 12.2 Å². The Hall–Kier alpha value is -2.54. The first-order chi connectivity index (χ1) is 10.1. The van der Waals surface area contributed by atoms with Crippen LogP contribution in [0, 0.1) is 18.6 Å². The smallest absolute Gasteiger partial charge is 0.216 e. The van der Waals surface area contributed by atoms with Crippen molar-refractivity contribution in [2.75, 3.05) is 0 Å². The van der Waals surface area contributed by atoms with Gasteiger partial charge >= 0.3 is 0 Å². The molecule has 0 radical (unpaired) electrons. The molecule has 0 amide bonds. The number of hydrogen-bond donors (Lipinski definition) is 2. The second-order valence-corrected chi connectivity index (χ2v) is 5.09. The molecule has 0 fully saturated rings. The van der Waals surface area contributed by atoms with Crippen LogP contribution in [0.2, 0.25) is 0 Å². The van der Waals surface area contributed by atoms with Crippen LogP contribution < -0.4 is 0 Å². The predicted octanol–water partition coefficient (Wildman–Crippen LogP) is 2.83. The maximum atomic E-state index is 5.12. The average Bonchev–Trinajstić information content (AvgIpc) is 3.06. The van der Waals surface area contributed by atoms with Crippen LogP contribution in [0.1, 0.15) is 17.0 Å². The summed E-state index contributed by atoms with van der Waals surface area (Å²) in [6, 6.07) is 8.23. The molecule has 0 spiro atoms. The number of nitrogens with zero attached hydrogens (tertiary/aromatic N) is 4. The molecular formula is C14H14N6S. The third kappa shape index (κ3) is 2.68. The Morgan fingerprint density at radius 3 is 2.62 bits per heavy atom. The third-order valence-corrected chi connectivity index (χ3v) is 3.40. The lowest BCUT2D eigenvalue weighted by atomic mass is 10.1. The van der Waals surface area contributed by atoms with E-state index in [2.05, 4.69) is 56.7 Å². The van der Waals surface area contributed by atoms with Crippen LogP contribution in [0.15, 0.2) is 35.6 Å². The van der Waals surface area contributed by atoms with E-state index >= 15 is 0 Å². The number of aryl methyl sites for hydroxylation is 2. The zero-order valence-electron chi connectivity index (χ0n) is 11.7. The van der Waals surface area contributed by atoms with Crippen LogP contribution in [0.5, 0.6) is 0 Å². The van der Waals surface area contributed by atoms with Gasteiger partial charge in [0.1, 0.15) is 5.82 Å². The molecule has 2 aromatic heterocycles. The molecular weight excluding hydrogens is 284 g/mol. The molecule has 2 heterocycles. The molecule has 0 saturated carbocycles. The number of aromatic nitrogens is 5. The zero-order valence-corrected chi connectivity index (χ0v) is 12.5. The fraction of sp³-hybridized carbons (Fsp3) is 0.143. The monoisotopic (exact) mass is 298 g/mol. The number of aromatic amines is 2. The summed E-state index contributed by atoms with van der Waals surface area (Å²) in [5, 5.41) is 18.1. The molecule has 3 rings (SSSR count). The Bertz CT molecular complexity index is 837. The molecule has 0 aliphatic heterocycles. The first-order valence-corrected chi connectivity index (χ1v) is 6.85. The van der Waals surface area contributed by atoms with Crippen molar-refractivity contribution in [3.05, 3.63) is 52.2 Å². The van der Waals surface area contributed by atoms with Gasteiger partial charge in [0.15, 0.2) is 0 Å². The molecule has 2 N–H and O–H groups in total. The summed E-state index contributed by atoms with van der Waals surface area (Å²) in [5.41, 5.74) is 4.09. The Morgan fingerprint density at radius 1 is 1.19 bits per heavy atom. The Labute approximate surface area is 126 Å². The molecule has 0 atom stereocenters. The molecule has 106 valence electrons. The topological polar surface area (TPSA) is 74.7 Å². The standard InChI is InChI=1S/C14H14N6S/c1-9-3-5-11(6-4-9)13-12(7-15-18-13)8-16-20-10(2)17-19-14(20)21/h3-8H,1-2H3,(H,15,18)(H,19,21)/b16-8+. The summed E-state index contributed by atoms with van der Waals surface area (Å²) in [5.74, 6) is 0.705.